The van der Waals surface area contributed by atoms with Crippen LogP contribution in [0.3, 0.4) is 0 Å². The van der Waals surface area contributed by atoms with Crippen LogP contribution in [0.1, 0.15) is 5.56 Å². The van der Waals surface area contributed by atoms with Crippen LogP contribution in [0.4, 0.5) is 0 Å². The molecule has 0 aliphatic heterocycles. The molecule has 0 N–H and O–H groups in total. The molecule has 0 fully saturated rings. The van der Waals surface area contributed by atoms with Gasteiger partial charge in [0.25, 0.3) is 0 Å². The Hall–Kier alpha value is -0.580. The maximum absolute atomic E-state index is 5.07. The van der Waals surface area contributed by atoms with Gasteiger partial charge in [-0.25, -0.2) is 0 Å². The Morgan fingerprint density at radius 3 is 3.00 bits per heavy atom. The molecule has 1 heterocycles. The number of benzene rings is 1. The van der Waals surface area contributed by atoms with Gasteiger partial charge in [0.05, 0.1) is 5.39 Å². The first-order chi connectivity index (χ1) is 5.29. The fourth-order valence-corrected chi connectivity index (χ4v) is 1.91. The van der Waals surface area contributed by atoms with Crippen molar-refractivity contribution in [2.75, 3.05) is 0 Å². The first-order valence-electron chi connectivity index (χ1n) is 3.29. The molecule has 56 valence electrons. The third-order valence-corrected chi connectivity index (χ3v) is 2.40. The molecule has 1 aromatic heterocycles. The van der Waals surface area contributed by atoms with E-state index >= 15 is 0 Å². The summed E-state index contributed by atoms with van der Waals surface area (Å²) in [5.74, 6) is 0. The number of aromatic nitrogens is 1. The Balaban J connectivity index is 2.96. The van der Waals surface area contributed by atoms with Gasteiger partial charge in [-0.05, 0) is 41.1 Å². The van der Waals surface area contributed by atoms with Crippen LogP contribution >= 0.6 is 22.6 Å². The highest BCUT2D eigenvalue weighted by Gasteiger charge is 2.05. The number of halogens is 1. The summed E-state index contributed by atoms with van der Waals surface area (Å²) in [5, 5.41) is 5.00. The Morgan fingerprint density at radius 2 is 2.27 bits per heavy atom. The molecule has 0 bridgehead atoms. The molecule has 0 atom stereocenters. The SMILES string of the molecule is Cc1cccc2onc(I)c12. The summed E-state index contributed by atoms with van der Waals surface area (Å²) in [7, 11) is 0. The van der Waals surface area contributed by atoms with Crippen molar-refractivity contribution in [1.29, 1.82) is 0 Å². The Bertz CT molecular complexity index is 394. The molecule has 0 spiro atoms. The molecular formula is C8H6INO. The molecular weight excluding hydrogens is 253 g/mol. The molecule has 2 nitrogen and oxygen atoms in total. The van der Waals surface area contributed by atoms with Crippen LogP contribution in [0.25, 0.3) is 11.0 Å². The second-order valence-corrected chi connectivity index (χ2v) is 3.44. The summed E-state index contributed by atoms with van der Waals surface area (Å²) in [4.78, 5) is 0. The lowest BCUT2D eigenvalue weighted by atomic mass is 10.2. The van der Waals surface area contributed by atoms with E-state index in [0.29, 0.717) is 0 Å². The van der Waals surface area contributed by atoms with Crippen LogP contribution in [0.5, 0.6) is 0 Å². The minimum atomic E-state index is 0.870. The van der Waals surface area contributed by atoms with Crippen molar-refractivity contribution in [2.45, 2.75) is 6.92 Å². The molecule has 0 saturated heterocycles. The topological polar surface area (TPSA) is 26.0 Å². The lowest BCUT2D eigenvalue weighted by molar-refractivity contribution is 0.451. The van der Waals surface area contributed by atoms with Gasteiger partial charge in [0.2, 0.25) is 0 Å². The molecule has 0 amide bonds. The highest BCUT2D eigenvalue weighted by atomic mass is 127. The van der Waals surface area contributed by atoms with Gasteiger partial charge >= 0.3 is 0 Å². The second kappa shape index (κ2) is 2.48. The minimum Gasteiger partial charge on any atom is -0.355 e. The predicted octanol–water partition coefficient (Wildman–Crippen LogP) is 2.74. The molecule has 0 saturated carbocycles. The van der Waals surface area contributed by atoms with Gasteiger partial charge in [0, 0.05) is 0 Å². The van der Waals surface area contributed by atoms with E-state index in [2.05, 4.69) is 40.7 Å². The predicted molar refractivity (Wildman–Crippen MR) is 51.5 cm³/mol. The number of aryl methyl sites for hydroxylation is 1. The Morgan fingerprint density at radius 1 is 1.45 bits per heavy atom. The Kier molecular flexibility index (Phi) is 1.60. The van der Waals surface area contributed by atoms with Gasteiger partial charge in [-0.1, -0.05) is 17.3 Å². The van der Waals surface area contributed by atoms with Crippen LogP contribution in [0.15, 0.2) is 22.7 Å². The van der Waals surface area contributed by atoms with Crippen molar-refractivity contribution >= 4 is 33.6 Å². The van der Waals surface area contributed by atoms with Gasteiger partial charge < -0.3 is 4.52 Å². The average molecular weight is 259 g/mol. The van der Waals surface area contributed by atoms with Crippen molar-refractivity contribution in [3.8, 4) is 0 Å². The molecule has 0 radical (unpaired) electrons. The van der Waals surface area contributed by atoms with Gasteiger partial charge in [-0.2, -0.15) is 0 Å². The van der Waals surface area contributed by atoms with E-state index in [1.165, 1.54) is 5.56 Å². The highest BCUT2D eigenvalue weighted by molar-refractivity contribution is 14.1. The largest absolute Gasteiger partial charge is 0.355 e. The van der Waals surface area contributed by atoms with Crippen LogP contribution in [0, 0.1) is 10.6 Å². The van der Waals surface area contributed by atoms with E-state index in [1.807, 2.05) is 12.1 Å². The molecule has 3 heteroatoms. The first kappa shape index (κ1) is 7.09. The fourth-order valence-electron chi connectivity index (χ4n) is 1.12. The standard InChI is InChI=1S/C8H6INO/c1-5-3-2-4-6-7(5)8(9)10-11-6/h2-4H,1H3. The molecule has 2 rings (SSSR count). The zero-order valence-electron chi connectivity index (χ0n) is 5.97. The zero-order valence-corrected chi connectivity index (χ0v) is 8.12. The van der Waals surface area contributed by atoms with Crippen molar-refractivity contribution in [3.05, 3.63) is 27.5 Å². The lowest BCUT2D eigenvalue weighted by Gasteiger charge is -1.90. The number of fused-ring (bicyclic) bond motifs is 1. The van der Waals surface area contributed by atoms with Crippen LogP contribution < -0.4 is 0 Å². The van der Waals surface area contributed by atoms with Gasteiger partial charge in [0.15, 0.2) is 9.28 Å². The van der Waals surface area contributed by atoms with E-state index in [1.54, 1.807) is 0 Å². The first-order valence-corrected chi connectivity index (χ1v) is 4.37. The van der Waals surface area contributed by atoms with Gasteiger partial charge in [0.1, 0.15) is 0 Å². The van der Waals surface area contributed by atoms with Crippen molar-refractivity contribution in [1.82, 2.24) is 5.16 Å². The van der Waals surface area contributed by atoms with Crippen LogP contribution in [-0.2, 0) is 0 Å². The van der Waals surface area contributed by atoms with E-state index in [-0.39, 0.29) is 0 Å². The third-order valence-electron chi connectivity index (χ3n) is 1.66. The highest BCUT2D eigenvalue weighted by Crippen LogP contribution is 2.22. The summed E-state index contributed by atoms with van der Waals surface area (Å²) < 4.78 is 6.01. The maximum atomic E-state index is 5.07. The number of nitrogens with zero attached hydrogens (tertiary/aromatic N) is 1. The summed E-state index contributed by atoms with van der Waals surface area (Å²) in [6.45, 7) is 2.06. The number of hydrogen-bond donors (Lipinski definition) is 0. The smallest absolute Gasteiger partial charge is 0.168 e. The summed E-state index contributed by atoms with van der Waals surface area (Å²) in [6, 6.07) is 5.96. The molecule has 2 aromatic rings. The van der Waals surface area contributed by atoms with E-state index < -0.39 is 0 Å². The summed E-state index contributed by atoms with van der Waals surface area (Å²) in [5.41, 5.74) is 2.09. The van der Waals surface area contributed by atoms with Crippen LogP contribution in [-0.4, -0.2) is 5.16 Å². The fraction of sp³-hybridized carbons (Fsp3) is 0.125. The number of hydrogen-bond acceptors (Lipinski definition) is 2. The van der Waals surface area contributed by atoms with Gasteiger partial charge in [-0.3, -0.25) is 0 Å². The van der Waals surface area contributed by atoms with Crippen molar-refractivity contribution in [2.24, 2.45) is 0 Å². The molecule has 1 aromatic carbocycles. The zero-order chi connectivity index (χ0) is 7.84. The van der Waals surface area contributed by atoms with E-state index in [9.17, 15) is 0 Å². The van der Waals surface area contributed by atoms with E-state index in [4.69, 9.17) is 4.52 Å². The van der Waals surface area contributed by atoms with Crippen LogP contribution in [0.2, 0.25) is 0 Å². The summed E-state index contributed by atoms with van der Waals surface area (Å²) >= 11 is 2.17. The maximum Gasteiger partial charge on any atom is 0.168 e. The minimum absolute atomic E-state index is 0.870. The monoisotopic (exact) mass is 259 g/mol. The summed E-state index contributed by atoms with van der Waals surface area (Å²) in [6.07, 6.45) is 0. The van der Waals surface area contributed by atoms with E-state index in [0.717, 1.165) is 14.7 Å². The second-order valence-electron chi connectivity index (χ2n) is 2.42. The third kappa shape index (κ3) is 1.03. The Labute approximate surface area is 77.7 Å². The quantitative estimate of drug-likeness (QED) is 0.680. The molecule has 0 unspecified atom stereocenters. The molecule has 11 heavy (non-hydrogen) atoms. The average Bonchev–Trinajstić information content (AvgIpc) is 2.34. The normalized spacial score (nSPS) is 10.7. The van der Waals surface area contributed by atoms with Crippen molar-refractivity contribution in [3.63, 3.8) is 0 Å². The molecule has 0 aliphatic rings. The lowest BCUT2D eigenvalue weighted by Crippen LogP contribution is -1.74. The number of rotatable bonds is 0. The van der Waals surface area contributed by atoms with Gasteiger partial charge in [-0.15, -0.1) is 0 Å². The van der Waals surface area contributed by atoms with Crippen molar-refractivity contribution < 1.29 is 4.52 Å². The molecule has 0 aliphatic carbocycles.